The van der Waals surface area contributed by atoms with Crippen molar-refractivity contribution in [2.45, 2.75) is 0 Å². The van der Waals surface area contributed by atoms with Gasteiger partial charge in [0.1, 0.15) is 5.52 Å². The van der Waals surface area contributed by atoms with Crippen molar-refractivity contribution in [3.63, 3.8) is 0 Å². The Morgan fingerprint density at radius 1 is 1.38 bits per heavy atom. The van der Waals surface area contributed by atoms with Gasteiger partial charge in [0.25, 0.3) is 0 Å². The van der Waals surface area contributed by atoms with Gasteiger partial charge in [-0.25, -0.2) is 9.97 Å². The number of halogens is 2. The quantitative estimate of drug-likeness (QED) is 0.743. The maximum Gasteiger partial charge on any atom is 0.230 e. The average molecular weight is 351 g/mol. The molecule has 66 valence electrons. The SMILES string of the molecule is Oc1cnc2c(I)cc(Br)cc2n1. The Morgan fingerprint density at radius 2 is 2.15 bits per heavy atom. The molecule has 0 aliphatic heterocycles. The van der Waals surface area contributed by atoms with Crippen molar-refractivity contribution in [3.05, 3.63) is 26.4 Å². The minimum absolute atomic E-state index is 0.0543. The molecule has 0 fully saturated rings. The van der Waals surface area contributed by atoms with E-state index in [0.717, 1.165) is 13.6 Å². The molecule has 13 heavy (non-hydrogen) atoms. The molecule has 0 saturated heterocycles. The Kier molecular flexibility index (Phi) is 2.37. The molecule has 0 radical (unpaired) electrons. The molecule has 0 saturated carbocycles. The number of hydrogen-bond acceptors (Lipinski definition) is 3. The van der Waals surface area contributed by atoms with Crippen LogP contribution in [0.5, 0.6) is 5.88 Å². The second kappa shape index (κ2) is 3.38. The van der Waals surface area contributed by atoms with Crippen molar-refractivity contribution >= 4 is 49.6 Å². The Bertz CT molecular complexity index is 470. The fraction of sp³-hybridized carbons (Fsp3) is 0. The van der Waals surface area contributed by atoms with Crippen LogP contribution in [0.3, 0.4) is 0 Å². The minimum Gasteiger partial charge on any atom is -0.492 e. The molecule has 1 aromatic carbocycles. The van der Waals surface area contributed by atoms with E-state index in [9.17, 15) is 0 Å². The molecule has 0 unspecified atom stereocenters. The van der Waals surface area contributed by atoms with Crippen LogP contribution in [0.1, 0.15) is 0 Å². The molecule has 0 spiro atoms. The Morgan fingerprint density at radius 3 is 2.92 bits per heavy atom. The summed E-state index contributed by atoms with van der Waals surface area (Å²) in [4.78, 5) is 8.04. The van der Waals surface area contributed by atoms with Crippen molar-refractivity contribution < 1.29 is 5.11 Å². The number of benzene rings is 1. The molecule has 0 bridgehead atoms. The Balaban J connectivity index is 2.86. The van der Waals surface area contributed by atoms with Gasteiger partial charge in [0.05, 0.1) is 11.7 Å². The summed E-state index contributed by atoms with van der Waals surface area (Å²) >= 11 is 5.53. The van der Waals surface area contributed by atoms with E-state index in [0.29, 0.717) is 5.52 Å². The molecule has 1 aromatic heterocycles. The van der Waals surface area contributed by atoms with Crippen LogP contribution in [0.2, 0.25) is 0 Å². The third kappa shape index (κ3) is 1.76. The maximum absolute atomic E-state index is 9.12. The molecular weight excluding hydrogens is 347 g/mol. The lowest BCUT2D eigenvalue weighted by molar-refractivity contribution is 0.453. The van der Waals surface area contributed by atoms with Gasteiger partial charge < -0.3 is 5.11 Å². The van der Waals surface area contributed by atoms with Crippen LogP contribution in [0, 0.1) is 3.57 Å². The van der Waals surface area contributed by atoms with Crippen molar-refractivity contribution in [3.8, 4) is 5.88 Å². The van der Waals surface area contributed by atoms with E-state index in [1.54, 1.807) is 0 Å². The molecule has 2 aromatic rings. The number of aromatic hydroxyl groups is 1. The lowest BCUT2D eigenvalue weighted by Crippen LogP contribution is -1.86. The summed E-state index contributed by atoms with van der Waals surface area (Å²) in [5, 5.41) is 9.12. The molecule has 0 aliphatic carbocycles. The van der Waals surface area contributed by atoms with Gasteiger partial charge in [-0.2, -0.15) is 0 Å². The first-order valence-electron chi connectivity index (χ1n) is 3.47. The molecule has 5 heteroatoms. The van der Waals surface area contributed by atoms with Crippen LogP contribution >= 0.6 is 38.5 Å². The van der Waals surface area contributed by atoms with Crippen LogP contribution in [0.4, 0.5) is 0 Å². The highest BCUT2D eigenvalue weighted by molar-refractivity contribution is 14.1. The molecular formula is C8H4BrIN2O. The smallest absolute Gasteiger partial charge is 0.230 e. The zero-order valence-corrected chi connectivity index (χ0v) is 10.1. The van der Waals surface area contributed by atoms with Gasteiger partial charge in [-0.15, -0.1) is 0 Å². The third-order valence-corrected chi connectivity index (χ3v) is 2.83. The summed E-state index contributed by atoms with van der Waals surface area (Å²) in [6.45, 7) is 0. The summed E-state index contributed by atoms with van der Waals surface area (Å²) in [5.41, 5.74) is 1.50. The molecule has 1 N–H and O–H groups in total. The number of rotatable bonds is 0. The van der Waals surface area contributed by atoms with Gasteiger partial charge in [-0.3, -0.25) is 0 Å². The van der Waals surface area contributed by atoms with Crippen molar-refractivity contribution in [1.82, 2.24) is 9.97 Å². The lowest BCUT2D eigenvalue weighted by atomic mass is 10.3. The molecule has 3 nitrogen and oxygen atoms in total. The summed E-state index contributed by atoms with van der Waals surface area (Å²) in [6, 6.07) is 3.78. The van der Waals surface area contributed by atoms with E-state index in [1.807, 2.05) is 12.1 Å². The highest BCUT2D eigenvalue weighted by Gasteiger charge is 2.03. The third-order valence-electron chi connectivity index (χ3n) is 1.55. The first kappa shape index (κ1) is 9.14. The lowest BCUT2D eigenvalue weighted by Gasteiger charge is -2.00. The predicted octanol–water partition coefficient (Wildman–Crippen LogP) is 2.70. The van der Waals surface area contributed by atoms with Crippen LogP contribution in [0.15, 0.2) is 22.8 Å². The number of hydrogen-bond donors (Lipinski definition) is 1. The van der Waals surface area contributed by atoms with Crippen molar-refractivity contribution in [1.29, 1.82) is 0 Å². The van der Waals surface area contributed by atoms with Crippen LogP contribution in [0.25, 0.3) is 11.0 Å². The molecule has 0 aliphatic rings. The van der Waals surface area contributed by atoms with E-state index in [1.165, 1.54) is 6.20 Å². The summed E-state index contributed by atoms with van der Waals surface area (Å²) in [5.74, 6) is -0.0543. The van der Waals surface area contributed by atoms with Crippen LogP contribution in [-0.4, -0.2) is 15.1 Å². The highest BCUT2D eigenvalue weighted by Crippen LogP contribution is 2.23. The Hall–Kier alpha value is -0.430. The van der Waals surface area contributed by atoms with Crippen LogP contribution < -0.4 is 0 Å². The number of fused-ring (bicyclic) bond motifs is 1. The highest BCUT2D eigenvalue weighted by atomic mass is 127. The average Bonchev–Trinajstić information content (AvgIpc) is 2.02. The van der Waals surface area contributed by atoms with E-state index in [2.05, 4.69) is 48.5 Å². The summed E-state index contributed by atoms with van der Waals surface area (Å²) in [6.07, 6.45) is 1.35. The predicted molar refractivity (Wildman–Crippen MR) is 61.6 cm³/mol. The molecule has 0 amide bonds. The normalized spacial score (nSPS) is 10.6. The molecule has 2 rings (SSSR count). The fourth-order valence-corrected chi connectivity index (χ4v) is 2.66. The van der Waals surface area contributed by atoms with E-state index >= 15 is 0 Å². The largest absolute Gasteiger partial charge is 0.492 e. The standard InChI is InChI=1S/C8H4BrIN2O/c9-4-1-5(10)8-6(2-4)12-7(13)3-11-8/h1-3H,(H,12,13). The number of nitrogens with zero attached hydrogens (tertiary/aromatic N) is 2. The van der Waals surface area contributed by atoms with Gasteiger partial charge >= 0.3 is 0 Å². The minimum atomic E-state index is -0.0543. The topological polar surface area (TPSA) is 46.0 Å². The van der Waals surface area contributed by atoms with Crippen molar-refractivity contribution in [2.75, 3.05) is 0 Å². The van der Waals surface area contributed by atoms with Gasteiger partial charge in [0.2, 0.25) is 5.88 Å². The molecule has 1 heterocycles. The van der Waals surface area contributed by atoms with E-state index in [4.69, 9.17) is 5.11 Å². The summed E-state index contributed by atoms with van der Waals surface area (Å²) < 4.78 is 1.94. The second-order valence-electron chi connectivity index (χ2n) is 2.48. The monoisotopic (exact) mass is 350 g/mol. The fourth-order valence-electron chi connectivity index (χ4n) is 1.04. The van der Waals surface area contributed by atoms with Crippen LogP contribution in [-0.2, 0) is 0 Å². The number of aromatic nitrogens is 2. The second-order valence-corrected chi connectivity index (χ2v) is 4.56. The Labute approximate surface area is 96.5 Å². The zero-order valence-electron chi connectivity index (χ0n) is 6.33. The molecule has 0 atom stereocenters. The van der Waals surface area contributed by atoms with Gasteiger partial charge in [0.15, 0.2) is 0 Å². The first-order valence-corrected chi connectivity index (χ1v) is 5.35. The van der Waals surface area contributed by atoms with Crippen molar-refractivity contribution in [2.24, 2.45) is 0 Å². The van der Waals surface area contributed by atoms with Gasteiger partial charge in [-0.05, 0) is 34.7 Å². The zero-order chi connectivity index (χ0) is 9.42. The first-order chi connectivity index (χ1) is 6.16. The van der Waals surface area contributed by atoms with Gasteiger partial charge in [0, 0.05) is 8.04 Å². The maximum atomic E-state index is 9.12. The van der Waals surface area contributed by atoms with E-state index < -0.39 is 0 Å². The van der Waals surface area contributed by atoms with E-state index in [-0.39, 0.29) is 5.88 Å². The van der Waals surface area contributed by atoms with Gasteiger partial charge in [-0.1, -0.05) is 15.9 Å². The summed E-state index contributed by atoms with van der Waals surface area (Å²) in [7, 11) is 0.